The summed E-state index contributed by atoms with van der Waals surface area (Å²) in [6, 6.07) is 33.5. The Morgan fingerprint density at radius 3 is 2.24 bits per heavy atom. The molecule has 1 aliphatic rings. The van der Waals surface area contributed by atoms with Crippen molar-refractivity contribution in [3.63, 3.8) is 0 Å². The van der Waals surface area contributed by atoms with E-state index >= 15 is 0 Å². The number of carbonyl (C=O) groups is 2. The molecule has 9 heteroatoms. The fourth-order valence-corrected chi connectivity index (χ4v) is 6.34. The molecule has 0 unspecified atom stereocenters. The number of nitrogens with zero attached hydrogens (tertiary/aromatic N) is 1. The van der Waals surface area contributed by atoms with Gasteiger partial charge in [0.25, 0.3) is 0 Å². The first kappa shape index (κ1) is 31.5. The zero-order valence-electron chi connectivity index (χ0n) is 25.4. The van der Waals surface area contributed by atoms with Gasteiger partial charge in [0.05, 0.1) is 12.1 Å². The molecule has 1 saturated heterocycles. The molecule has 4 aromatic carbocycles. The van der Waals surface area contributed by atoms with Crippen LogP contribution >= 0.6 is 0 Å². The van der Waals surface area contributed by atoms with Gasteiger partial charge in [-0.15, -0.1) is 0 Å². The lowest BCUT2D eigenvalue weighted by molar-refractivity contribution is -0.133. The molecule has 45 heavy (non-hydrogen) atoms. The minimum Gasteiger partial charge on any atom is -0.465 e. The highest BCUT2D eigenvalue weighted by molar-refractivity contribution is 5.83. The lowest BCUT2D eigenvalue weighted by atomic mass is 9.90. The van der Waals surface area contributed by atoms with Crippen molar-refractivity contribution in [2.24, 2.45) is 5.73 Å². The van der Waals surface area contributed by atoms with E-state index in [1.165, 1.54) is 0 Å². The van der Waals surface area contributed by atoms with Gasteiger partial charge >= 0.3 is 6.09 Å². The Balaban J connectivity index is 1.41. The van der Waals surface area contributed by atoms with Crippen molar-refractivity contribution in [1.29, 1.82) is 5.41 Å². The maximum Gasteiger partial charge on any atom is 0.404 e. The molecule has 1 aliphatic heterocycles. The zero-order chi connectivity index (χ0) is 31.6. The lowest BCUT2D eigenvalue weighted by Crippen LogP contribution is -2.54. The zero-order valence-corrected chi connectivity index (χ0v) is 25.4. The van der Waals surface area contributed by atoms with Crippen LogP contribution in [0.4, 0.5) is 4.79 Å². The number of hydrogen-bond acceptors (Lipinski definition) is 4. The quantitative estimate of drug-likeness (QED) is 0.0786. The largest absolute Gasteiger partial charge is 0.465 e. The Bertz CT molecular complexity index is 1540. The highest BCUT2D eigenvalue weighted by Crippen LogP contribution is 2.28. The van der Waals surface area contributed by atoms with Crippen molar-refractivity contribution in [2.75, 3.05) is 19.6 Å². The van der Waals surface area contributed by atoms with Gasteiger partial charge in [0.1, 0.15) is 0 Å². The normalized spacial score (nSPS) is 17.5. The van der Waals surface area contributed by atoms with Crippen molar-refractivity contribution in [3.05, 3.63) is 120 Å². The first-order valence-electron chi connectivity index (χ1n) is 15.6. The number of rotatable bonds is 12. The maximum absolute atomic E-state index is 14.2. The number of carboxylic acid groups (broad SMARTS) is 1. The Labute approximate surface area is 264 Å². The van der Waals surface area contributed by atoms with Crippen LogP contribution in [0.1, 0.15) is 41.9 Å². The van der Waals surface area contributed by atoms with E-state index in [9.17, 15) is 14.7 Å². The molecule has 0 aliphatic carbocycles. The van der Waals surface area contributed by atoms with Crippen molar-refractivity contribution in [3.8, 4) is 0 Å². The van der Waals surface area contributed by atoms with Crippen LogP contribution in [-0.2, 0) is 11.2 Å². The fraction of sp³-hybridized carbons (Fsp3) is 0.306. The predicted octanol–water partition coefficient (Wildman–Crippen LogP) is 4.67. The van der Waals surface area contributed by atoms with Crippen molar-refractivity contribution < 1.29 is 14.7 Å². The van der Waals surface area contributed by atoms with E-state index in [1.807, 2.05) is 59.5 Å². The van der Waals surface area contributed by atoms with Gasteiger partial charge in [0.2, 0.25) is 5.91 Å². The number of carbonyl (C=O) groups excluding carboxylic acids is 1. The van der Waals surface area contributed by atoms with E-state index in [4.69, 9.17) is 11.1 Å². The number of benzene rings is 4. The summed E-state index contributed by atoms with van der Waals surface area (Å²) in [4.78, 5) is 28.2. The first-order chi connectivity index (χ1) is 21.9. The molecule has 0 radical (unpaired) electrons. The Kier molecular flexibility index (Phi) is 10.7. The van der Waals surface area contributed by atoms with Gasteiger partial charge in [-0.3, -0.25) is 10.2 Å². The Morgan fingerprint density at radius 1 is 0.956 bits per heavy atom. The number of nitrogens with two attached hydrogens (primary N) is 1. The second-order valence-corrected chi connectivity index (χ2v) is 11.7. The molecule has 0 aromatic heterocycles. The molecule has 3 atom stereocenters. The van der Waals surface area contributed by atoms with Crippen LogP contribution in [-0.4, -0.2) is 65.7 Å². The molecule has 0 bridgehead atoms. The van der Waals surface area contributed by atoms with Gasteiger partial charge in [0, 0.05) is 31.6 Å². The molecule has 0 saturated carbocycles. The number of hydrogen-bond donors (Lipinski definition) is 6. The molecular weight excluding hydrogens is 564 g/mol. The summed E-state index contributed by atoms with van der Waals surface area (Å²) in [5.41, 5.74) is 8.78. The molecule has 4 aromatic rings. The van der Waals surface area contributed by atoms with E-state index in [-0.39, 0.29) is 23.8 Å². The molecule has 9 nitrogen and oxygen atoms in total. The average molecular weight is 607 g/mol. The summed E-state index contributed by atoms with van der Waals surface area (Å²) in [7, 11) is 0. The summed E-state index contributed by atoms with van der Waals surface area (Å²) in [5.74, 6) is -0.125. The Morgan fingerprint density at radius 2 is 1.60 bits per heavy atom. The Hall–Kier alpha value is -4.89. The molecule has 1 heterocycles. The van der Waals surface area contributed by atoms with Gasteiger partial charge in [0.15, 0.2) is 5.96 Å². The van der Waals surface area contributed by atoms with Crippen LogP contribution < -0.4 is 21.7 Å². The van der Waals surface area contributed by atoms with Crippen LogP contribution in [0, 0.1) is 5.41 Å². The SMILES string of the molecule is N=C(N)NCCC[C@@H]1N[C@H]([C@H](Cc2ccc3ccccc3c2)NC(=O)O)CCN(CC(c2ccccc2)c2ccccc2)C1=O. The molecule has 7 N–H and O–H groups in total. The third kappa shape index (κ3) is 8.61. The topological polar surface area (TPSA) is 144 Å². The predicted molar refractivity (Wildman–Crippen MR) is 178 cm³/mol. The molecule has 2 amide bonds. The summed E-state index contributed by atoms with van der Waals surface area (Å²) in [6.45, 7) is 1.46. The van der Waals surface area contributed by atoms with Gasteiger partial charge in [-0.2, -0.15) is 0 Å². The highest BCUT2D eigenvalue weighted by atomic mass is 16.4. The van der Waals surface area contributed by atoms with Crippen LogP contribution in [0.3, 0.4) is 0 Å². The maximum atomic E-state index is 14.2. The van der Waals surface area contributed by atoms with Crippen LogP contribution in [0.5, 0.6) is 0 Å². The van der Waals surface area contributed by atoms with Crippen LogP contribution in [0.2, 0.25) is 0 Å². The second kappa shape index (κ2) is 15.2. The molecular formula is C36H42N6O3. The first-order valence-corrected chi connectivity index (χ1v) is 15.6. The van der Waals surface area contributed by atoms with Crippen molar-refractivity contribution >= 4 is 28.7 Å². The number of nitrogens with one attached hydrogen (secondary N) is 4. The summed E-state index contributed by atoms with van der Waals surface area (Å²) < 4.78 is 0. The third-order valence-corrected chi connectivity index (χ3v) is 8.59. The van der Waals surface area contributed by atoms with Crippen LogP contribution in [0.15, 0.2) is 103 Å². The van der Waals surface area contributed by atoms with Crippen molar-refractivity contribution in [2.45, 2.75) is 49.7 Å². The monoisotopic (exact) mass is 606 g/mol. The minimum absolute atomic E-state index is 0.00281. The number of amides is 2. The molecule has 234 valence electrons. The van der Waals surface area contributed by atoms with Gasteiger partial charge in [-0.1, -0.05) is 103 Å². The van der Waals surface area contributed by atoms with E-state index < -0.39 is 18.2 Å². The second-order valence-electron chi connectivity index (χ2n) is 11.7. The average Bonchev–Trinajstić information content (AvgIpc) is 3.20. The smallest absolute Gasteiger partial charge is 0.404 e. The fourth-order valence-electron chi connectivity index (χ4n) is 6.34. The third-order valence-electron chi connectivity index (χ3n) is 8.59. The summed E-state index contributed by atoms with van der Waals surface area (Å²) in [5, 5.41) is 28.7. The van der Waals surface area contributed by atoms with E-state index in [2.05, 4.69) is 64.5 Å². The summed E-state index contributed by atoms with van der Waals surface area (Å²) in [6.07, 6.45) is 1.11. The highest BCUT2D eigenvalue weighted by Gasteiger charge is 2.35. The molecule has 1 fully saturated rings. The number of fused-ring (bicyclic) bond motifs is 1. The molecule has 5 rings (SSSR count). The van der Waals surface area contributed by atoms with E-state index in [0.29, 0.717) is 45.3 Å². The van der Waals surface area contributed by atoms with Gasteiger partial charge in [-0.25, -0.2) is 4.79 Å². The van der Waals surface area contributed by atoms with Gasteiger partial charge < -0.3 is 31.7 Å². The lowest BCUT2D eigenvalue weighted by Gasteiger charge is -2.30. The van der Waals surface area contributed by atoms with E-state index in [0.717, 1.165) is 27.5 Å². The van der Waals surface area contributed by atoms with Crippen molar-refractivity contribution in [1.82, 2.24) is 20.9 Å². The standard InChI is InChI=1S/C36H42N6O3/c37-35(38)39-20-9-16-32-34(43)42(24-30(27-11-3-1-4-12-27)28-13-5-2-6-14-28)21-19-31(40-32)33(41-36(44)45)23-25-17-18-26-10-7-8-15-29(26)22-25/h1-8,10-15,17-18,22,30-33,40-41H,9,16,19-21,23-24H2,(H,44,45)(H4,37,38,39)/t31-,32-,33-/m0/s1. The minimum atomic E-state index is -1.09. The number of guanidine groups is 1. The van der Waals surface area contributed by atoms with E-state index in [1.54, 1.807) is 0 Å². The molecule has 0 spiro atoms. The van der Waals surface area contributed by atoms with Gasteiger partial charge in [-0.05, 0) is 53.1 Å². The van der Waals surface area contributed by atoms with Crippen LogP contribution in [0.25, 0.3) is 10.8 Å². The summed E-state index contributed by atoms with van der Waals surface area (Å²) >= 11 is 0.